The fourth-order valence-electron chi connectivity index (χ4n) is 5.59. The number of nitrogens with zero attached hydrogens (tertiary/aromatic N) is 3. The van der Waals surface area contributed by atoms with Crippen LogP contribution in [0, 0.1) is 0 Å². The number of anilines is 1. The van der Waals surface area contributed by atoms with Crippen molar-refractivity contribution < 1.29 is 18.9 Å². The van der Waals surface area contributed by atoms with E-state index in [-0.39, 0.29) is 6.79 Å². The van der Waals surface area contributed by atoms with Crippen LogP contribution in [0.2, 0.25) is 0 Å². The van der Waals surface area contributed by atoms with Crippen LogP contribution in [0.1, 0.15) is 12.0 Å². The molecule has 0 aromatic heterocycles. The Kier molecular flexibility index (Phi) is 5.82. The quantitative estimate of drug-likeness (QED) is 0.529. The fourth-order valence-corrected chi connectivity index (χ4v) is 5.59. The lowest BCUT2D eigenvalue weighted by atomic mass is 9.89. The van der Waals surface area contributed by atoms with Crippen molar-refractivity contribution in [2.24, 2.45) is 0 Å². The molecule has 6 rings (SSSR count). The average molecular weight is 476 g/mol. The average Bonchev–Trinajstić information content (AvgIpc) is 3.34. The molecule has 3 aromatic rings. The van der Waals surface area contributed by atoms with Crippen LogP contribution in [0.15, 0.2) is 36.4 Å². The molecule has 0 aliphatic carbocycles. The predicted molar refractivity (Wildman–Crippen MR) is 138 cm³/mol. The summed E-state index contributed by atoms with van der Waals surface area (Å²) in [5, 5.41) is 2.37. The maximum Gasteiger partial charge on any atom is 0.231 e. The largest absolute Gasteiger partial charge is 0.493 e. The summed E-state index contributed by atoms with van der Waals surface area (Å²) in [5.74, 6) is 3.17. The zero-order valence-corrected chi connectivity index (χ0v) is 20.8. The zero-order valence-electron chi connectivity index (χ0n) is 20.8. The summed E-state index contributed by atoms with van der Waals surface area (Å²) < 4.78 is 22.7. The molecule has 0 N–H and O–H groups in total. The number of likely N-dealkylation sites (N-methyl/N-ethyl adjacent to an activating group) is 1. The standard InChI is InChI=1S/C28H33N3O4/c1-29-9-11-30(12-10-29)7-4-8-31-17-20-14-24(32-2)25(33-3)15-22(20)21-6-5-19-13-26-27(35-18-34-26)16-23(19)28(21)31/h5-6,13-16H,4,7-12,17-18H2,1-3H3. The van der Waals surface area contributed by atoms with Crippen molar-refractivity contribution in [2.75, 3.05) is 72.2 Å². The highest BCUT2D eigenvalue weighted by Gasteiger charge is 2.28. The number of ether oxygens (including phenoxy) is 4. The molecule has 184 valence electrons. The monoisotopic (exact) mass is 475 g/mol. The van der Waals surface area contributed by atoms with Crippen molar-refractivity contribution in [3.8, 4) is 34.1 Å². The molecule has 0 spiro atoms. The molecule has 1 fully saturated rings. The number of fused-ring (bicyclic) bond motifs is 6. The maximum absolute atomic E-state index is 5.75. The van der Waals surface area contributed by atoms with Gasteiger partial charge in [-0.15, -0.1) is 0 Å². The zero-order chi connectivity index (χ0) is 23.9. The van der Waals surface area contributed by atoms with Crippen LogP contribution < -0.4 is 23.8 Å². The Bertz CT molecular complexity index is 1250. The number of piperazine rings is 1. The van der Waals surface area contributed by atoms with Gasteiger partial charge in [0.05, 0.1) is 19.9 Å². The summed E-state index contributed by atoms with van der Waals surface area (Å²) in [6.07, 6.45) is 1.12. The molecule has 0 atom stereocenters. The van der Waals surface area contributed by atoms with Crippen LogP contribution >= 0.6 is 0 Å². The topological polar surface area (TPSA) is 46.6 Å². The number of methoxy groups -OCH3 is 2. The van der Waals surface area contributed by atoms with E-state index in [1.807, 2.05) is 0 Å². The summed E-state index contributed by atoms with van der Waals surface area (Å²) in [6, 6.07) is 12.9. The Morgan fingerprint density at radius 3 is 2.34 bits per heavy atom. The minimum atomic E-state index is 0.280. The van der Waals surface area contributed by atoms with E-state index in [0.29, 0.717) is 0 Å². The van der Waals surface area contributed by atoms with Crippen molar-refractivity contribution in [2.45, 2.75) is 13.0 Å². The summed E-state index contributed by atoms with van der Waals surface area (Å²) in [7, 11) is 5.60. The van der Waals surface area contributed by atoms with Gasteiger partial charge in [-0.3, -0.25) is 0 Å². The predicted octanol–water partition coefficient (Wildman–Crippen LogP) is 4.21. The normalized spacial score (nSPS) is 17.4. The number of hydrogen-bond acceptors (Lipinski definition) is 7. The minimum absolute atomic E-state index is 0.280. The SMILES string of the molecule is COc1cc2c(cc1OC)-c1ccc3cc4c(cc3c1N(CCCN1CCN(C)CC1)C2)OCO4. The van der Waals surface area contributed by atoms with E-state index in [9.17, 15) is 0 Å². The highest BCUT2D eigenvalue weighted by atomic mass is 16.7. The van der Waals surface area contributed by atoms with Gasteiger partial charge in [0, 0.05) is 50.2 Å². The highest BCUT2D eigenvalue weighted by molar-refractivity contribution is 6.05. The van der Waals surface area contributed by atoms with Gasteiger partial charge in [0.2, 0.25) is 6.79 Å². The molecule has 0 radical (unpaired) electrons. The summed E-state index contributed by atoms with van der Waals surface area (Å²) in [5.41, 5.74) is 4.94. The molecule has 0 unspecified atom stereocenters. The molecule has 35 heavy (non-hydrogen) atoms. The second-order valence-electron chi connectivity index (χ2n) is 9.67. The Morgan fingerprint density at radius 1 is 0.829 bits per heavy atom. The summed E-state index contributed by atoms with van der Waals surface area (Å²) in [6.45, 7) is 7.83. The van der Waals surface area contributed by atoms with Crippen molar-refractivity contribution >= 4 is 16.5 Å². The first-order valence-electron chi connectivity index (χ1n) is 12.4. The van der Waals surface area contributed by atoms with Crippen LogP contribution in [0.25, 0.3) is 21.9 Å². The van der Waals surface area contributed by atoms with Gasteiger partial charge in [-0.1, -0.05) is 12.1 Å². The molecule has 1 saturated heterocycles. The Balaban J connectivity index is 1.39. The Labute approximate surface area is 206 Å². The van der Waals surface area contributed by atoms with Crippen molar-refractivity contribution in [1.82, 2.24) is 9.80 Å². The molecule has 7 nitrogen and oxygen atoms in total. The van der Waals surface area contributed by atoms with E-state index in [4.69, 9.17) is 18.9 Å². The third-order valence-corrected chi connectivity index (χ3v) is 7.56. The van der Waals surface area contributed by atoms with Crippen molar-refractivity contribution in [3.63, 3.8) is 0 Å². The van der Waals surface area contributed by atoms with Gasteiger partial charge >= 0.3 is 0 Å². The van der Waals surface area contributed by atoms with E-state index < -0.39 is 0 Å². The van der Waals surface area contributed by atoms with Gasteiger partial charge in [0.15, 0.2) is 23.0 Å². The fraction of sp³-hybridized carbons (Fsp3) is 0.429. The molecule has 0 bridgehead atoms. The first kappa shape index (κ1) is 22.3. The van der Waals surface area contributed by atoms with Gasteiger partial charge in [-0.05, 0) is 60.8 Å². The number of rotatable bonds is 6. The van der Waals surface area contributed by atoms with E-state index in [1.54, 1.807) is 14.2 Å². The van der Waals surface area contributed by atoms with E-state index in [1.165, 1.54) is 33.2 Å². The first-order chi connectivity index (χ1) is 17.1. The van der Waals surface area contributed by atoms with Crippen LogP contribution in [0.4, 0.5) is 5.69 Å². The third-order valence-electron chi connectivity index (χ3n) is 7.56. The van der Waals surface area contributed by atoms with Crippen LogP contribution in [-0.2, 0) is 6.54 Å². The molecule has 3 aliphatic heterocycles. The van der Waals surface area contributed by atoms with Gasteiger partial charge in [-0.25, -0.2) is 0 Å². The first-order valence-corrected chi connectivity index (χ1v) is 12.4. The Hall–Kier alpha value is -3.16. The summed E-state index contributed by atoms with van der Waals surface area (Å²) in [4.78, 5) is 7.53. The van der Waals surface area contributed by atoms with Crippen molar-refractivity contribution in [1.29, 1.82) is 0 Å². The Morgan fingerprint density at radius 2 is 1.57 bits per heavy atom. The van der Waals surface area contributed by atoms with E-state index >= 15 is 0 Å². The second kappa shape index (κ2) is 9.13. The lowest BCUT2D eigenvalue weighted by molar-refractivity contribution is 0.153. The molecule has 0 amide bonds. The highest BCUT2D eigenvalue weighted by Crippen LogP contribution is 2.49. The molecule has 7 heteroatoms. The minimum Gasteiger partial charge on any atom is -0.493 e. The van der Waals surface area contributed by atoms with Gasteiger partial charge in [0.25, 0.3) is 0 Å². The maximum atomic E-state index is 5.75. The second-order valence-corrected chi connectivity index (χ2v) is 9.67. The molecule has 0 saturated carbocycles. The van der Waals surface area contributed by atoms with Crippen LogP contribution in [-0.4, -0.2) is 77.1 Å². The van der Waals surface area contributed by atoms with E-state index in [2.05, 4.69) is 58.1 Å². The van der Waals surface area contributed by atoms with Crippen LogP contribution in [0.5, 0.6) is 23.0 Å². The third kappa shape index (κ3) is 4.02. The van der Waals surface area contributed by atoms with Gasteiger partial charge < -0.3 is 33.6 Å². The molecular weight excluding hydrogens is 442 g/mol. The van der Waals surface area contributed by atoms with Crippen LogP contribution in [0.3, 0.4) is 0 Å². The molecule has 3 heterocycles. The molecular formula is C28H33N3O4. The lowest BCUT2D eigenvalue weighted by Gasteiger charge is -2.36. The molecule has 3 aromatic carbocycles. The summed E-state index contributed by atoms with van der Waals surface area (Å²) >= 11 is 0. The van der Waals surface area contributed by atoms with Crippen molar-refractivity contribution in [3.05, 3.63) is 42.0 Å². The number of benzene rings is 3. The lowest BCUT2D eigenvalue weighted by Crippen LogP contribution is -2.45. The molecule has 3 aliphatic rings. The van der Waals surface area contributed by atoms with Gasteiger partial charge in [-0.2, -0.15) is 0 Å². The number of hydrogen-bond donors (Lipinski definition) is 0. The van der Waals surface area contributed by atoms with Gasteiger partial charge in [0.1, 0.15) is 0 Å². The smallest absolute Gasteiger partial charge is 0.231 e. The van der Waals surface area contributed by atoms with E-state index in [0.717, 1.165) is 75.2 Å².